The van der Waals surface area contributed by atoms with Gasteiger partial charge in [0.15, 0.2) is 0 Å². The number of carboxylic acid groups (broad SMARTS) is 1. The Bertz CT molecular complexity index is 282. The lowest BCUT2D eigenvalue weighted by Gasteiger charge is -2.47. The highest BCUT2D eigenvalue weighted by Gasteiger charge is 2.49. The van der Waals surface area contributed by atoms with Gasteiger partial charge in [-0.25, -0.2) is 4.79 Å². The van der Waals surface area contributed by atoms with E-state index in [1.165, 1.54) is 0 Å². The van der Waals surface area contributed by atoms with E-state index in [1.807, 2.05) is 0 Å². The Balaban J connectivity index is 2.22. The van der Waals surface area contributed by atoms with Crippen LogP contribution < -0.4 is 5.32 Å². The first-order chi connectivity index (χ1) is 7.19. The maximum Gasteiger partial charge on any atom is 0.329 e. The van der Waals surface area contributed by atoms with Crippen molar-refractivity contribution in [1.82, 2.24) is 10.2 Å². The zero-order valence-corrected chi connectivity index (χ0v) is 8.61. The second-order valence-electron chi connectivity index (χ2n) is 4.43. The van der Waals surface area contributed by atoms with Gasteiger partial charge in [0.1, 0.15) is 5.54 Å². The molecule has 5 heteroatoms. The van der Waals surface area contributed by atoms with E-state index in [2.05, 4.69) is 10.2 Å². The predicted octanol–water partition coefficient (Wildman–Crippen LogP) is -0.329. The number of carboxylic acids is 1. The third-order valence-corrected chi connectivity index (χ3v) is 3.72. The molecule has 0 aromatic carbocycles. The van der Waals surface area contributed by atoms with Gasteiger partial charge in [0, 0.05) is 19.0 Å². The summed E-state index contributed by atoms with van der Waals surface area (Å²) in [4.78, 5) is 24.2. The Kier molecular flexibility index (Phi) is 2.65. The van der Waals surface area contributed by atoms with Gasteiger partial charge >= 0.3 is 5.97 Å². The quantitative estimate of drug-likeness (QED) is 0.629. The fourth-order valence-electron chi connectivity index (χ4n) is 2.84. The number of carbonyl (C=O) groups excluding carboxylic acids is 1. The van der Waals surface area contributed by atoms with Crippen LogP contribution in [0.5, 0.6) is 0 Å². The molecular formula is C10H16N2O3. The molecule has 2 aliphatic heterocycles. The van der Waals surface area contributed by atoms with Crippen molar-refractivity contribution in [2.24, 2.45) is 5.92 Å². The van der Waals surface area contributed by atoms with Crippen LogP contribution in [0.15, 0.2) is 0 Å². The monoisotopic (exact) mass is 212 g/mol. The first kappa shape index (κ1) is 10.4. The number of rotatable bonds is 3. The van der Waals surface area contributed by atoms with Gasteiger partial charge in [0.2, 0.25) is 6.41 Å². The highest BCUT2D eigenvalue weighted by atomic mass is 16.4. The van der Waals surface area contributed by atoms with Crippen LogP contribution in [0, 0.1) is 5.92 Å². The van der Waals surface area contributed by atoms with Crippen LogP contribution in [-0.4, -0.2) is 47.6 Å². The molecule has 2 rings (SSSR count). The van der Waals surface area contributed by atoms with Gasteiger partial charge in [0.25, 0.3) is 0 Å². The van der Waals surface area contributed by atoms with Crippen molar-refractivity contribution in [2.45, 2.75) is 24.8 Å². The van der Waals surface area contributed by atoms with Crippen LogP contribution in [0.25, 0.3) is 0 Å². The summed E-state index contributed by atoms with van der Waals surface area (Å²) in [5.74, 6) is -0.830. The molecule has 0 aliphatic carbocycles. The molecule has 2 heterocycles. The number of aliphatic carboxylic acids is 1. The largest absolute Gasteiger partial charge is 0.479 e. The standard InChI is InChI=1S/C10H16N2O3/c13-7-11-10(9(14)15)3-5-12-4-1-2-8(10)6-12/h7-8H,1-6H2,(H,11,13)(H,14,15). The summed E-state index contributed by atoms with van der Waals surface area (Å²) in [6, 6.07) is 0. The summed E-state index contributed by atoms with van der Waals surface area (Å²) in [6.45, 7) is 2.63. The lowest BCUT2D eigenvalue weighted by molar-refractivity contribution is -0.153. The van der Waals surface area contributed by atoms with Crippen LogP contribution in [0.2, 0.25) is 0 Å². The first-order valence-corrected chi connectivity index (χ1v) is 5.36. The molecule has 0 radical (unpaired) electrons. The molecule has 0 aromatic heterocycles. The van der Waals surface area contributed by atoms with Crippen LogP contribution in [0.4, 0.5) is 0 Å². The number of amides is 1. The Labute approximate surface area is 88.4 Å². The molecule has 3 atom stereocenters. The van der Waals surface area contributed by atoms with Gasteiger partial charge in [-0.2, -0.15) is 0 Å². The molecule has 2 saturated heterocycles. The topological polar surface area (TPSA) is 69.6 Å². The van der Waals surface area contributed by atoms with Gasteiger partial charge < -0.3 is 15.3 Å². The SMILES string of the molecule is O=CNC1(C(=O)O)CCN2CCCC1C2. The molecule has 84 valence electrons. The van der Waals surface area contributed by atoms with Crippen LogP contribution in [0.1, 0.15) is 19.3 Å². The summed E-state index contributed by atoms with van der Waals surface area (Å²) in [7, 11) is 0. The number of hydrogen-bond acceptors (Lipinski definition) is 3. The van der Waals surface area contributed by atoms with Crippen molar-refractivity contribution in [3.8, 4) is 0 Å². The molecule has 15 heavy (non-hydrogen) atoms. The summed E-state index contributed by atoms with van der Waals surface area (Å²) < 4.78 is 0. The Hall–Kier alpha value is -1.10. The Morgan fingerprint density at radius 3 is 3.00 bits per heavy atom. The smallest absolute Gasteiger partial charge is 0.329 e. The second kappa shape index (κ2) is 3.81. The lowest BCUT2D eigenvalue weighted by atomic mass is 9.73. The third-order valence-electron chi connectivity index (χ3n) is 3.72. The van der Waals surface area contributed by atoms with Gasteiger partial charge in [-0.05, 0) is 25.8 Å². The number of hydrogen-bond donors (Lipinski definition) is 2. The molecule has 3 unspecified atom stereocenters. The van der Waals surface area contributed by atoms with E-state index < -0.39 is 11.5 Å². The third kappa shape index (κ3) is 1.61. The number of nitrogens with one attached hydrogen (secondary N) is 1. The van der Waals surface area contributed by atoms with E-state index in [-0.39, 0.29) is 5.92 Å². The van der Waals surface area contributed by atoms with E-state index in [4.69, 9.17) is 0 Å². The molecule has 1 amide bonds. The van der Waals surface area contributed by atoms with Crippen molar-refractivity contribution in [2.75, 3.05) is 19.6 Å². The lowest BCUT2D eigenvalue weighted by Crippen LogP contribution is -2.65. The molecule has 0 saturated carbocycles. The number of nitrogens with zero attached hydrogens (tertiary/aromatic N) is 1. The van der Waals surface area contributed by atoms with Crippen molar-refractivity contribution in [1.29, 1.82) is 0 Å². The Morgan fingerprint density at radius 1 is 1.53 bits per heavy atom. The predicted molar refractivity (Wildman–Crippen MR) is 53.3 cm³/mol. The summed E-state index contributed by atoms with van der Waals surface area (Å²) in [6.07, 6.45) is 2.97. The van der Waals surface area contributed by atoms with Gasteiger partial charge in [-0.3, -0.25) is 4.79 Å². The molecule has 2 aliphatic rings. The van der Waals surface area contributed by atoms with Crippen molar-refractivity contribution in [3.05, 3.63) is 0 Å². The van der Waals surface area contributed by atoms with Gasteiger partial charge in [-0.1, -0.05) is 0 Å². The van der Waals surface area contributed by atoms with Crippen LogP contribution >= 0.6 is 0 Å². The van der Waals surface area contributed by atoms with E-state index >= 15 is 0 Å². The second-order valence-corrected chi connectivity index (χ2v) is 4.43. The van der Waals surface area contributed by atoms with E-state index in [1.54, 1.807) is 0 Å². The molecular weight excluding hydrogens is 196 g/mol. The molecule has 0 aromatic rings. The van der Waals surface area contributed by atoms with Crippen molar-refractivity contribution < 1.29 is 14.7 Å². The minimum absolute atomic E-state index is 0.0581. The summed E-state index contributed by atoms with van der Waals surface area (Å²) >= 11 is 0. The van der Waals surface area contributed by atoms with E-state index in [0.717, 1.165) is 32.5 Å². The zero-order chi connectivity index (χ0) is 10.9. The normalized spacial score (nSPS) is 39.5. The fraction of sp³-hybridized carbons (Fsp3) is 0.800. The maximum atomic E-state index is 11.3. The minimum Gasteiger partial charge on any atom is -0.479 e. The average molecular weight is 212 g/mol. The van der Waals surface area contributed by atoms with Crippen LogP contribution in [-0.2, 0) is 9.59 Å². The number of piperidine rings is 2. The highest BCUT2D eigenvalue weighted by molar-refractivity contribution is 5.82. The Morgan fingerprint density at radius 2 is 2.33 bits per heavy atom. The average Bonchev–Trinajstić information content (AvgIpc) is 2.23. The molecule has 2 fully saturated rings. The molecule has 0 spiro atoms. The fourth-order valence-corrected chi connectivity index (χ4v) is 2.84. The van der Waals surface area contributed by atoms with Gasteiger partial charge in [-0.15, -0.1) is 0 Å². The molecule has 2 bridgehead atoms. The first-order valence-electron chi connectivity index (χ1n) is 5.36. The molecule has 2 N–H and O–H groups in total. The molecule has 5 nitrogen and oxygen atoms in total. The highest BCUT2D eigenvalue weighted by Crippen LogP contribution is 2.34. The summed E-state index contributed by atoms with van der Waals surface area (Å²) in [5.41, 5.74) is -1.02. The van der Waals surface area contributed by atoms with Gasteiger partial charge in [0.05, 0.1) is 0 Å². The minimum atomic E-state index is -1.02. The number of fused-ring (bicyclic) bond motifs is 2. The van der Waals surface area contributed by atoms with Crippen molar-refractivity contribution in [3.63, 3.8) is 0 Å². The summed E-state index contributed by atoms with van der Waals surface area (Å²) in [5, 5.41) is 11.8. The van der Waals surface area contributed by atoms with E-state index in [0.29, 0.717) is 12.8 Å². The number of carbonyl (C=O) groups is 2. The van der Waals surface area contributed by atoms with Crippen LogP contribution in [0.3, 0.4) is 0 Å². The van der Waals surface area contributed by atoms with E-state index in [9.17, 15) is 14.7 Å². The maximum absolute atomic E-state index is 11.3. The zero-order valence-electron chi connectivity index (χ0n) is 8.61. The van der Waals surface area contributed by atoms with Crippen molar-refractivity contribution >= 4 is 12.4 Å².